The van der Waals surface area contributed by atoms with Crippen molar-refractivity contribution in [1.82, 2.24) is 5.32 Å². The molecule has 4 rings (SSSR count). The first-order valence-electron chi connectivity index (χ1n) is 9.66. The van der Waals surface area contributed by atoms with Crippen LogP contribution in [0.15, 0.2) is 72.3 Å². The Morgan fingerprint density at radius 2 is 1.67 bits per heavy atom. The lowest BCUT2D eigenvalue weighted by Gasteiger charge is -2.26. The van der Waals surface area contributed by atoms with E-state index in [1.807, 2.05) is 18.2 Å². The van der Waals surface area contributed by atoms with Crippen molar-refractivity contribution >= 4 is 64.4 Å². The number of halogens is 3. The molecule has 1 N–H and O–H groups in total. The molecule has 0 spiro atoms. The summed E-state index contributed by atoms with van der Waals surface area (Å²) in [7, 11) is 0. The summed E-state index contributed by atoms with van der Waals surface area (Å²) in [5.41, 5.74) is 1.29. The topological polar surface area (TPSA) is 75.7 Å². The van der Waals surface area contributed by atoms with Crippen molar-refractivity contribution < 1.29 is 19.1 Å². The van der Waals surface area contributed by atoms with E-state index in [2.05, 4.69) is 5.32 Å². The van der Waals surface area contributed by atoms with Crippen molar-refractivity contribution in [2.45, 2.75) is 6.61 Å². The van der Waals surface area contributed by atoms with Crippen LogP contribution in [-0.2, 0) is 16.2 Å². The van der Waals surface area contributed by atoms with Gasteiger partial charge in [-0.2, -0.15) is 0 Å². The maximum Gasteiger partial charge on any atom is 0.335 e. The number of barbiturate groups is 1. The summed E-state index contributed by atoms with van der Waals surface area (Å²) in [5.74, 6) is -1.17. The maximum atomic E-state index is 13.0. The molecular formula is C24H15Cl3N2O4. The molecular weight excluding hydrogens is 487 g/mol. The summed E-state index contributed by atoms with van der Waals surface area (Å²) >= 11 is 18.5. The van der Waals surface area contributed by atoms with Crippen LogP contribution in [0.4, 0.5) is 10.5 Å². The van der Waals surface area contributed by atoms with E-state index in [9.17, 15) is 14.4 Å². The Hall–Kier alpha value is -3.32. The highest BCUT2D eigenvalue weighted by molar-refractivity contribution is 6.39. The number of carbonyl (C=O) groups excluding carboxylic acids is 3. The number of imide groups is 2. The summed E-state index contributed by atoms with van der Waals surface area (Å²) in [6.45, 7) is 0.220. The normalized spacial score (nSPS) is 15.1. The average molecular weight is 502 g/mol. The lowest BCUT2D eigenvalue weighted by molar-refractivity contribution is -0.122. The summed E-state index contributed by atoms with van der Waals surface area (Å²) in [6.07, 6.45) is 1.35. The van der Waals surface area contributed by atoms with Crippen LogP contribution in [0.25, 0.3) is 6.08 Å². The van der Waals surface area contributed by atoms with Crippen LogP contribution < -0.4 is 15.0 Å². The van der Waals surface area contributed by atoms with Gasteiger partial charge in [0.2, 0.25) is 0 Å². The molecule has 0 aromatic heterocycles. The second-order valence-corrected chi connectivity index (χ2v) is 8.26. The van der Waals surface area contributed by atoms with Crippen LogP contribution in [0.1, 0.15) is 11.1 Å². The highest BCUT2D eigenvalue weighted by Crippen LogP contribution is 2.29. The predicted molar refractivity (Wildman–Crippen MR) is 128 cm³/mol. The Labute approximate surface area is 204 Å². The van der Waals surface area contributed by atoms with Crippen molar-refractivity contribution in [3.63, 3.8) is 0 Å². The van der Waals surface area contributed by atoms with E-state index < -0.39 is 17.8 Å². The Morgan fingerprint density at radius 3 is 2.39 bits per heavy atom. The zero-order chi connectivity index (χ0) is 23.5. The fourth-order valence-electron chi connectivity index (χ4n) is 3.17. The van der Waals surface area contributed by atoms with Crippen molar-refractivity contribution in [3.05, 3.63) is 98.5 Å². The van der Waals surface area contributed by atoms with Gasteiger partial charge in [-0.3, -0.25) is 14.9 Å². The number of hydrogen-bond donors (Lipinski definition) is 1. The SMILES string of the molecule is O=C1NC(=O)N(c2cccc(Cl)c2)C(=O)/C1=C/c1ccc(OCc2ccccc2Cl)c(Cl)c1. The van der Waals surface area contributed by atoms with Gasteiger partial charge >= 0.3 is 6.03 Å². The molecule has 0 aliphatic carbocycles. The quantitative estimate of drug-likeness (QED) is 0.349. The van der Waals surface area contributed by atoms with E-state index in [1.54, 1.807) is 42.5 Å². The second kappa shape index (κ2) is 9.67. The van der Waals surface area contributed by atoms with E-state index in [1.165, 1.54) is 12.1 Å². The Balaban J connectivity index is 1.57. The second-order valence-electron chi connectivity index (χ2n) is 7.01. The molecule has 1 aliphatic heterocycles. The minimum atomic E-state index is -0.856. The molecule has 1 heterocycles. The number of anilines is 1. The first kappa shape index (κ1) is 22.9. The number of nitrogens with one attached hydrogen (secondary N) is 1. The number of urea groups is 1. The lowest BCUT2D eigenvalue weighted by Crippen LogP contribution is -2.54. The number of nitrogens with zero attached hydrogens (tertiary/aromatic N) is 1. The number of amides is 4. The molecule has 0 radical (unpaired) electrons. The molecule has 3 aromatic rings. The van der Waals surface area contributed by atoms with Gasteiger partial charge in [0, 0.05) is 15.6 Å². The van der Waals surface area contributed by atoms with E-state index >= 15 is 0 Å². The largest absolute Gasteiger partial charge is 0.487 e. The third-order valence-electron chi connectivity index (χ3n) is 4.78. The standard InChI is InChI=1S/C24H15Cl3N2O4/c25-16-5-3-6-17(12-16)29-23(31)18(22(30)28-24(29)32)10-14-8-9-21(20(27)11-14)33-13-15-4-1-2-7-19(15)26/h1-12H,13H2,(H,28,30,32)/b18-10+. The van der Waals surface area contributed by atoms with Crippen LogP contribution in [-0.4, -0.2) is 17.8 Å². The Kier molecular flexibility index (Phi) is 6.70. The van der Waals surface area contributed by atoms with Crippen LogP contribution >= 0.6 is 34.8 Å². The maximum absolute atomic E-state index is 13.0. The van der Waals surface area contributed by atoms with Gasteiger partial charge in [0.15, 0.2) is 0 Å². The molecule has 6 nitrogen and oxygen atoms in total. The van der Waals surface area contributed by atoms with Crippen molar-refractivity contribution in [2.24, 2.45) is 0 Å². The number of carbonyl (C=O) groups is 3. The number of hydrogen-bond acceptors (Lipinski definition) is 4. The average Bonchev–Trinajstić information content (AvgIpc) is 2.77. The first-order chi connectivity index (χ1) is 15.8. The molecule has 166 valence electrons. The molecule has 0 atom stereocenters. The molecule has 1 fully saturated rings. The van der Waals surface area contributed by atoms with Crippen molar-refractivity contribution in [3.8, 4) is 5.75 Å². The Bertz CT molecular complexity index is 1310. The number of rotatable bonds is 5. The molecule has 3 aromatic carbocycles. The molecule has 1 saturated heterocycles. The lowest BCUT2D eigenvalue weighted by atomic mass is 10.1. The molecule has 9 heteroatoms. The van der Waals surface area contributed by atoms with Crippen LogP contribution in [0.3, 0.4) is 0 Å². The predicted octanol–water partition coefficient (Wildman–Crippen LogP) is 5.89. The minimum absolute atomic E-state index is 0.220. The molecule has 4 amide bonds. The van der Waals surface area contributed by atoms with Crippen molar-refractivity contribution in [1.29, 1.82) is 0 Å². The third kappa shape index (κ3) is 5.03. The first-order valence-corrected chi connectivity index (χ1v) is 10.8. The van der Waals surface area contributed by atoms with Gasteiger partial charge in [-0.1, -0.05) is 65.1 Å². The van der Waals surface area contributed by atoms with Gasteiger partial charge in [0.1, 0.15) is 17.9 Å². The number of benzene rings is 3. The van der Waals surface area contributed by atoms with Gasteiger partial charge in [0.25, 0.3) is 11.8 Å². The third-order valence-corrected chi connectivity index (χ3v) is 5.68. The fraction of sp³-hybridized carbons (Fsp3) is 0.0417. The smallest absolute Gasteiger partial charge is 0.335 e. The van der Waals surface area contributed by atoms with Crippen LogP contribution in [0, 0.1) is 0 Å². The van der Waals surface area contributed by atoms with Crippen LogP contribution in [0.2, 0.25) is 15.1 Å². The van der Waals surface area contributed by atoms with Gasteiger partial charge in [-0.15, -0.1) is 0 Å². The minimum Gasteiger partial charge on any atom is -0.487 e. The monoisotopic (exact) mass is 500 g/mol. The van der Waals surface area contributed by atoms with E-state index in [4.69, 9.17) is 39.5 Å². The zero-order valence-corrected chi connectivity index (χ0v) is 19.1. The van der Waals surface area contributed by atoms with E-state index in [-0.39, 0.29) is 22.9 Å². The summed E-state index contributed by atoms with van der Waals surface area (Å²) in [4.78, 5) is 38.5. The molecule has 1 aliphatic rings. The van der Waals surface area contributed by atoms with Gasteiger partial charge in [-0.05, 0) is 48.0 Å². The van der Waals surface area contributed by atoms with Crippen molar-refractivity contribution in [2.75, 3.05) is 4.90 Å². The fourth-order valence-corrected chi connectivity index (χ4v) is 3.79. The number of ether oxygens (including phenoxy) is 1. The highest BCUT2D eigenvalue weighted by Gasteiger charge is 2.36. The van der Waals surface area contributed by atoms with Gasteiger partial charge < -0.3 is 4.74 Å². The van der Waals surface area contributed by atoms with E-state index in [0.717, 1.165) is 10.5 Å². The van der Waals surface area contributed by atoms with Gasteiger partial charge in [0.05, 0.1) is 10.7 Å². The van der Waals surface area contributed by atoms with Gasteiger partial charge in [-0.25, -0.2) is 9.69 Å². The molecule has 0 unspecified atom stereocenters. The zero-order valence-electron chi connectivity index (χ0n) is 16.8. The molecule has 0 bridgehead atoms. The van der Waals surface area contributed by atoms with E-state index in [0.29, 0.717) is 21.4 Å². The Morgan fingerprint density at radius 1 is 0.879 bits per heavy atom. The summed E-state index contributed by atoms with van der Waals surface area (Å²) in [5, 5.41) is 3.37. The van der Waals surface area contributed by atoms with Crippen LogP contribution in [0.5, 0.6) is 5.75 Å². The highest BCUT2D eigenvalue weighted by atomic mass is 35.5. The molecule has 0 saturated carbocycles. The summed E-state index contributed by atoms with van der Waals surface area (Å²) < 4.78 is 5.74. The molecule has 33 heavy (non-hydrogen) atoms. The summed E-state index contributed by atoms with van der Waals surface area (Å²) in [6, 6.07) is 17.4.